The summed E-state index contributed by atoms with van der Waals surface area (Å²) in [4.78, 5) is 24.9. The quantitative estimate of drug-likeness (QED) is 0.919. The van der Waals surface area contributed by atoms with Gasteiger partial charge in [0.2, 0.25) is 5.91 Å². The summed E-state index contributed by atoms with van der Waals surface area (Å²) < 4.78 is 5.65. The highest BCUT2D eigenvalue weighted by atomic mass is 16.5. The Bertz CT molecular complexity index is 600. The van der Waals surface area contributed by atoms with Gasteiger partial charge in [-0.3, -0.25) is 4.79 Å². The number of carboxylic acids is 1. The number of ether oxygens (including phenoxy) is 1. The molecular formula is C16H19NO4. The van der Waals surface area contributed by atoms with Gasteiger partial charge in [-0.05, 0) is 25.8 Å². The molecule has 5 heteroatoms. The van der Waals surface area contributed by atoms with E-state index in [9.17, 15) is 9.59 Å². The second-order valence-corrected chi connectivity index (χ2v) is 5.97. The summed E-state index contributed by atoms with van der Waals surface area (Å²) >= 11 is 0. The number of benzene rings is 1. The van der Waals surface area contributed by atoms with Crippen LogP contribution in [0.2, 0.25) is 0 Å². The van der Waals surface area contributed by atoms with Gasteiger partial charge in [0.1, 0.15) is 11.8 Å². The van der Waals surface area contributed by atoms with Crippen LogP contribution in [-0.2, 0) is 15.0 Å². The zero-order valence-electron chi connectivity index (χ0n) is 12.2. The van der Waals surface area contributed by atoms with Crippen molar-refractivity contribution in [1.82, 2.24) is 4.90 Å². The molecule has 0 aromatic heterocycles. The molecule has 1 N–H and O–H groups in total. The van der Waals surface area contributed by atoms with Crippen LogP contribution in [-0.4, -0.2) is 41.6 Å². The summed E-state index contributed by atoms with van der Waals surface area (Å²) in [5.41, 5.74) is 0.935. The summed E-state index contributed by atoms with van der Waals surface area (Å²) in [6, 6.07) is 7.03. The van der Waals surface area contributed by atoms with Crippen LogP contribution in [0.25, 0.3) is 0 Å². The molecule has 3 atom stereocenters. The molecule has 1 heterocycles. The van der Waals surface area contributed by atoms with Crippen molar-refractivity contribution in [2.75, 3.05) is 13.7 Å². The van der Waals surface area contributed by atoms with Crippen molar-refractivity contribution in [3.8, 4) is 5.75 Å². The van der Waals surface area contributed by atoms with E-state index in [1.54, 1.807) is 7.05 Å². The Hall–Kier alpha value is -2.04. The van der Waals surface area contributed by atoms with Crippen molar-refractivity contribution in [3.05, 3.63) is 29.8 Å². The molecular weight excluding hydrogens is 270 g/mol. The van der Waals surface area contributed by atoms with E-state index in [0.717, 1.165) is 24.2 Å². The van der Waals surface area contributed by atoms with Crippen LogP contribution in [0.3, 0.4) is 0 Å². The minimum atomic E-state index is -0.979. The average Bonchev–Trinajstić information content (AvgIpc) is 3.20. The lowest BCUT2D eigenvalue weighted by Gasteiger charge is -2.28. The monoisotopic (exact) mass is 289 g/mol. The van der Waals surface area contributed by atoms with Crippen LogP contribution in [0.5, 0.6) is 5.75 Å². The van der Waals surface area contributed by atoms with E-state index < -0.39 is 12.0 Å². The average molecular weight is 289 g/mol. The van der Waals surface area contributed by atoms with Crippen molar-refractivity contribution in [1.29, 1.82) is 0 Å². The van der Waals surface area contributed by atoms with Gasteiger partial charge in [-0.15, -0.1) is 0 Å². The van der Waals surface area contributed by atoms with Crippen LogP contribution in [0.15, 0.2) is 24.3 Å². The number of nitrogens with zero attached hydrogens (tertiary/aromatic N) is 1. The number of amides is 1. The van der Waals surface area contributed by atoms with E-state index in [1.807, 2.05) is 24.3 Å². The molecule has 21 heavy (non-hydrogen) atoms. The predicted octanol–water partition coefficient (Wildman–Crippen LogP) is 1.66. The third-order valence-corrected chi connectivity index (χ3v) is 4.89. The zero-order chi connectivity index (χ0) is 15.2. The minimum absolute atomic E-state index is 0.0818. The molecule has 0 saturated heterocycles. The zero-order valence-corrected chi connectivity index (χ0v) is 12.2. The Kier molecular flexibility index (Phi) is 3.15. The van der Waals surface area contributed by atoms with E-state index in [1.165, 1.54) is 11.8 Å². The number of para-hydroxylation sites is 1. The number of hydrogen-bond acceptors (Lipinski definition) is 3. The third kappa shape index (κ3) is 2.07. The van der Waals surface area contributed by atoms with Gasteiger partial charge in [0.05, 0.1) is 6.61 Å². The molecule has 1 aromatic rings. The molecule has 3 rings (SSSR count). The Morgan fingerprint density at radius 2 is 2.14 bits per heavy atom. The maximum atomic E-state index is 12.6. The number of carbonyl (C=O) groups excluding carboxylic acids is 1. The maximum absolute atomic E-state index is 12.6. The molecule has 0 bridgehead atoms. The highest BCUT2D eigenvalue weighted by Crippen LogP contribution is 2.61. The molecule has 3 unspecified atom stereocenters. The lowest BCUT2D eigenvalue weighted by molar-refractivity contribution is -0.148. The lowest BCUT2D eigenvalue weighted by Crippen LogP contribution is -2.42. The lowest BCUT2D eigenvalue weighted by atomic mass is 9.87. The first-order chi connectivity index (χ1) is 9.97. The number of carbonyl (C=O) groups is 2. The number of hydrogen-bond donors (Lipinski definition) is 1. The van der Waals surface area contributed by atoms with Crippen LogP contribution in [0, 0.1) is 5.92 Å². The molecule has 112 valence electrons. The fourth-order valence-electron chi connectivity index (χ4n) is 3.29. The van der Waals surface area contributed by atoms with Gasteiger partial charge in [0, 0.05) is 23.9 Å². The van der Waals surface area contributed by atoms with E-state index in [0.29, 0.717) is 6.61 Å². The van der Waals surface area contributed by atoms with Crippen LogP contribution >= 0.6 is 0 Å². The predicted molar refractivity (Wildman–Crippen MR) is 76.2 cm³/mol. The number of carboxylic acid groups (broad SMARTS) is 1. The molecule has 1 aliphatic carbocycles. The Morgan fingerprint density at radius 1 is 1.43 bits per heavy atom. The smallest absolute Gasteiger partial charge is 0.326 e. The summed E-state index contributed by atoms with van der Waals surface area (Å²) in [7, 11) is 1.57. The van der Waals surface area contributed by atoms with Crippen LogP contribution in [0.4, 0.5) is 0 Å². The summed E-state index contributed by atoms with van der Waals surface area (Å²) in [6.45, 7) is 2.15. The summed E-state index contributed by atoms with van der Waals surface area (Å²) in [5, 5.41) is 9.05. The van der Waals surface area contributed by atoms with Gasteiger partial charge >= 0.3 is 5.97 Å². The largest absolute Gasteiger partial charge is 0.493 e. The Balaban J connectivity index is 1.83. The van der Waals surface area contributed by atoms with Gasteiger partial charge in [0.15, 0.2) is 0 Å². The van der Waals surface area contributed by atoms with Gasteiger partial charge in [0.25, 0.3) is 0 Å². The Labute approximate surface area is 123 Å². The fourth-order valence-corrected chi connectivity index (χ4v) is 3.29. The first-order valence-corrected chi connectivity index (χ1v) is 7.19. The Morgan fingerprint density at radius 3 is 2.86 bits per heavy atom. The standard InChI is InChI=1S/C16H19NO4/c1-10(15(19)20)17(2)14(18)12-9-16(12)7-8-21-13-6-4-3-5-11(13)16/h3-6,10,12H,7-9H2,1-2H3,(H,19,20). The van der Waals surface area contributed by atoms with Crippen molar-refractivity contribution in [3.63, 3.8) is 0 Å². The van der Waals surface area contributed by atoms with E-state index in [-0.39, 0.29) is 17.2 Å². The van der Waals surface area contributed by atoms with Crippen molar-refractivity contribution in [2.45, 2.75) is 31.2 Å². The van der Waals surface area contributed by atoms with Crippen molar-refractivity contribution >= 4 is 11.9 Å². The van der Waals surface area contributed by atoms with Crippen molar-refractivity contribution in [2.24, 2.45) is 5.92 Å². The second-order valence-electron chi connectivity index (χ2n) is 5.97. The number of fused-ring (bicyclic) bond motifs is 2. The van der Waals surface area contributed by atoms with E-state index in [4.69, 9.17) is 9.84 Å². The fraction of sp³-hybridized carbons (Fsp3) is 0.500. The second kappa shape index (κ2) is 4.76. The maximum Gasteiger partial charge on any atom is 0.326 e. The number of likely N-dealkylation sites (N-methyl/N-ethyl adjacent to an activating group) is 1. The molecule has 1 spiro atoms. The van der Waals surface area contributed by atoms with Crippen LogP contribution in [0.1, 0.15) is 25.3 Å². The molecule has 2 aliphatic rings. The molecule has 1 amide bonds. The first-order valence-electron chi connectivity index (χ1n) is 7.19. The normalized spacial score (nSPS) is 27.4. The third-order valence-electron chi connectivity index (χ3n) is 4.89. The molecule has 1 fully saturated rings. The highest BCUT2D eigenvalue weighted by Gasteiger charge is 2.61. The summed E-state index contributed by atoms with van der Waals surface area (Å²) in [5.74, 6) is -0.336. The first kappa shape index (κ1) is 13.9. The molecule has 1 saturated carbocycles. The number of aliphatic carboxylic acids is 1. The number of rotatable bonds is 3. The minimum Gasteiger partial charge on any atom is -0.493 e. The van der Waals surface area contributed by atoms with Gasteiger partial charge in [-0.1, -0.05) is 18.2 Å². The molecule has 1 aliphatic heterocycles. The molecule has 1 aromatic carbocycles. The van der Waals surface area contributed by atoms with Gasteiger partial charge in [-0.2, -0.15) is 0 Å². The van der Waals surface area contributed by atoms with E-state index >= 15 is 0 Å². The summed E-state index contributed by atoms with van der Waals surface area (Å²) in [6.07, 6.45) is 1.60. The van der Waals surface area contributed by atoms with Gasteiger partial charge < -0.3 is 14.7 Å². The van der Waals surface area contributed by atoms with Gasteiger partial charge in [-0.25, -0.2) is 4.79 Å². The molecule has 0 radical (unpaired) electrons. The van der Waals surface area contributed by atoms with E-state index in [2.05, 4.69) is 0 Å². The highest BCUT2D eigenvalue weighted by molar-refractivity contribution is 5.88. The van der Waals surface area contributed by atoms with Crippen molar-refractivity contribution < 1.29 is 19.4 Å². The SMILES string of the molecule is CC(C(=O)O)N(C)C(=O)C1CC12CCOc1ccccc12. The van der Waals surface area contributed by atoms with Crippen LogP contribution < -0.4 is 4.74 Å². The molecule has 5 nitrogen and oxygen atoms in total. The topological polar surface area (TPSA) is 66.8 Å².